The number of rotatable bonds is 5. The number of carbonyl (C=O) groups excluding carboxylic acids is 1. The van der Waals surface area contributed by atoms with Crippen LogP contribution in [0, 0.1) is 13.8 Å². The molecule has 0 unspecified atom stereocenters. The predicted octanol–water partition coefficient (Wildman–Crippen LogP) is 4.15. The number of amides is 1. The fraction of sp³-hybridized carbons (Fsp3) is 0.200. The monoisotopic (exact) mass is 336 g/mol. The zero-order chi connectivity index (χ0) is 17.8. The first-order valence-electron chi connectivity index (χ1n) is 8.03. The number of benzene rings is 2. The fourth-order valence-corrected chi connectivity index (χ4v) is 2.79. The maximum absolute atomic E-state index is 12.2. The van der Waals surface area contributed by atoms with Crippen molar-refractivity contribution in [2.75, 3.05) is 12.4 Å². The third-order valence-electron chi connectivity index (χ3n) is 3.99. The normalized spacial score (nSPS) is 10.5. The van der Waals surface area contributed by atoms with Crippen molar-refractivity contribution in [3.05, 3.63) is 65.5 Å². The zero-order valence-corrected chi connectivity index (χ0v) is 14.5. The molecule has 1 heterocycles. The van der Waals surface area contributed by atoms with Gasteiger partial charge in [-0.15, -0.1) is 0 Å². The Balaban J connectivity index is 1.68. The van der Waals surface area contributed by atoms with Crippen LogP contribution in [-0.4, -0.2) is 18.2 Å². The van der Waals surface area contributed by atoms with Gasteiger partial charge in [0.25, 0.3) is 0 Å². The van der Waals surface area contributed by atoms with Gasteiger partial charge in [0, 0.05) is 11.3 Å². The summed E-state index contributed by atoms with van der Waals surface area (Å²) < 4.78 is 10.4. The fourth-order valence-electron chi connectivity index (χ4n) is 2.79. The molecule has 128 valence electrons. The highest BCUT2D eigenvalue weighted by Crippen LogP contribution is 2.27. The molecule has 1 N–H and O–H groups in total. The lowest BCUT2D eigenvalue weighted by Crippen LogP contribution is -2.14. The molecule has 1 aromatic heterocycles. The van der Waals surface area contributed by atoms with E-state index < -0.39 is 0 Å². The number of ether oxygens (including phenoxy) is 1. The highest BCUT2D eigenvalue weighted by Gasteiger charge is 2.11. The number of methoxy groups -OCH3 is 1. The average molecular weight is 336 g/mol. The van der Waals surface area contributed by atoms with Crippen molar-refractivity contribution in [2.45, 2.75) is 20.3 Å². The minimum absolute atomic E-state index is 0.0710. The van der Waals surface area contributed by atoms with Gasteiger partial charge in [-0.25, -0.2) is 0 Å². The van der Waals surface area contributed by atoms with Crippen LogP contribution in [0.4, 0.5) is 5.69 Å². The average Bonchev–Trinajstić information content (AvgIpc) is 2.94. The Morgan fingerprint density at radius 1 is 1.16 bits per heavy atom. The summed E-state index contributed by atoms with van der Waals surface area (Å²) in [4.78, 5) is 12.2. The highest BCUT2D eigenvalue weighted by molar-refractivity contribution is 5.92. The first kappa shape index (κ1) is 16.8. The van der Waals surface area contributed by atoms with Crippen molar-refractivity contribution in [1.82, 2.24) is 5.16 Å². The number of hydrogen-bond donors (Lipinski definition) is 1. The van der Waals surface area contributed by atoms with Gasteiger partial charge in [0.1, 0.15) is 11.5 Å². The summed E-state index contributed by atoms with van der Waals surface area (Å²) in [6.45, 7) is 3.80. The Bertz CT molecular complexity index is 863. The molecule has 0 aliphatic carbocycles. The van der Waals surface area contributed by atoms with Crippen molar-refractivity contribution >= 4 is 11.6 Å². The molecule has 0 aliphatic heterocycles. The smallest absolute Gasteiger partial charge is 0.228 e. The van der Waals surface area contributed by atoms with E-state index in [4.69, 9.17) is 9.26 Å². The van der Waals surface area contributed by atoms with Crippen LogP contribution in [0.15, 0.2) is 53.1 Å². The number of anilines is 1. The van der Waals surface area contributed by atoms with E-state index in [0.717, 1.165) is 39.6 Å². The first-order valence-corrected chi connectivity index (χ1v) is 8.03. The molecule has 3 aromatic rings. The Morgan fingerprint density at radius 2 is 1.92 bits per heavy atom. The minimum Gasteiger partial charge on any atom is -0.497 e. The number of nitrogens with one attached hydrogen (secondary N) is 1. The van der Waals surface area contributed by atoms with Crippen LogP contribution in [-0.2, 0) is 11.2 Å². The molecule has 2 aromatic carbocycles. The molecule has 0 aliphatic rings. The highest BCUT2D eigenvalue weighted by atomic mass is 16.5. The largest absolute Gasteiger partial charge is 0.497 e. The Morgan fingerprint density at radius 3 is 2.56 bits per heavy atom. The quantitative estimate of drug-likeness (QED) is 0.760. The molecule has 0 saturated heterocycles. The molecule has 5 nitrogen and oxygen atoms in total. The Labute approximate surface area is 146 Å². The van der Waals surface area contributed by atoms with Crippen LogP contribution in [0.5, 0.6) is 5.75 Å². The summed E-state index contributed by atoms with van der Waals surface area (Å²) in [5.41, 5.74) is 4.52. The van der Waals surface area contributed by atoms with Crippen molar-refractivity contribution < 1.29 is 14.1 Å². The van der Waals surface area contributed by atoms with E-state index in [1.807, 2.05) is 62.4 Å². The Kier molecular flexibility index (Phi) is 4.84. The van der Waals surface area contributed by atoms with Crippen molar-refractivity contribution in [2.24, 2.45) is 0 Å². The van der Waals surface area contributed by atoms with Gasteiger partial charge in [0.05, 0.1) is 19.2 Å². The van der Waals surface area contributed by atoms with Gasteiger partial charge < -0.3 is 14.6 Å². The Hall–Kier alpha value is -3.08. The molecule has 0 bridgehead atoms. The van der Waals surface area contributed by atoms with Crippen LogP contribution >= 0.6 is 0 Å². The lowest BCUT2D eigenvalue weighted by atomic mass is 10.0. The lowest BCUT2D eigenvalue weighted by molar-refractivity contribution is -0.115. The van der Waals surface area contributed by atoms with Gasteiger partial charge in [0.2, 0.25) is 5.91 Å². The van der Waals surface area contributed by atoms with Gasteiger partial charge in [0.15, 0.2) is 0 Å². The molecule has 0 radical (unpaired) electrons. The van der Waals surface area contributed by atoms with Crippen molar-refractivity contribution in [3.63, 3.8) is 0 Å². The van der Waals surface area contributed by atoms with E-state index in [2.05, 4.69) is 10.5 Å². The van der Waals surface area contributed by atoms with Crippen LogP contribution in [0.25, 0.3) is 11.1 Å². The molecule has 3 rings (SSSR count). The van der Waals surface area contributed by atoms with Gasteiger partial charge >= 0.3 is 0 Å². The molecule has 0 fully saturated rings. The second-order valence-electron chi connectivity index (χ2n) is 5.85. The topological polar surface area (TPSA) is 64.4 Å². The van der Waals surface area contributed by atoms with Crippen LogP contribution in [0.3, 0.4) is 0 Å². The number of aromatic nitrogens is 1. The van der Waals surface area contributed by atoms with E-state index >= 15 is 0 Å². The van der Waals surface area contributed by atoms with E-state index in [-0.39, 0.29) is 5.91 Å². The van der Waals surface area contributed by atoms with Gasteiger partial charge in [-0.2, -0.15) is 0 Å². The van der Waals surface area contributed by atoms with Crippen LogP contribution in [0.1, 0.15) is 17.0 Å². The molecule has 25 heavy (non-hydrogen) atoms. The van der Waals surface area contributed by atoms with Crippen molar-refractivity contribution in [1.29, 1.82) is 0 Å². The summed E-state index contributed by atoms with van der Waals surface area (Å²) in [6, 6.07) is 15.2. The molecular formula is C20H20N2O3. The number of aryl methyl sites for hydroxylation is 2. The maximum Gasteiger partial charge on any atom is 0.228 e. The summed E-state index contributed by atoms with van der Waals surface area (Å²) >= 11 is 0. The van der Waals surface area contributed by atoms with E-state index in [0.29, 0.717) is 6.42 Å². The van der Waals surface area contributed by atoms with E-state index in [9.17, 15) is 4.79 Å². The molecular weight excluding hydrogens is 316 g/mol. The number of nitrogens with zero attached hydrogens (tertiary/aromatic N) is 1. The predicted molar refractivity (Wildman–Crippen MR) is 96.7 cm³/mol. The second kappa shape index (κ2) is 7.21. The van der Waals surface area contributed by atoms with Gasteiger partial charge in [-0.3, -0.25) is 4.79 Å². The summed E-state index contributed by atoms with van der Waals surface area (Å²) in [6.07, 6.45) is 0.294. The number of hydrogen-bond acceptors (Lipinski definition) is 4. The standard InChI is InChI=1S/C20H20N2O3/c1-13-20(14(2)25-22-13)16-7-9-17(10-8-16)21-19(23)12-15-5-4-6-18(11-15)24-3/h4-11H,12H2,1-3H3,(H,21,23). The van der Waals surface area contributed by atoms with Gasteiger partial charge in [-0.1, -0.05) is 29.4 Å². The molecule has 0 saturated carbocycles. The SMILES string of the molecule is COc1cccc(CC(=O)Nc2ccc(-c3c(C)noc3C)cc2)c1. The maximum atomic E-state index is 12.2. The van der Waals surface area contributed by atoms with E-state index in [1.165, 1.54) is 0 Å². The summed E-state index contributed by atoms with van der Waals surface area (Å²) in [7, 11) is 1.61. The zero-order valence-electron chi connectivity index (χ0n) is 14.5. The van der Waals surface area contributed by atoms with Crippen molar-refractivity contribution in [3.8, 4) is 16.9 Å². The molecule has 1 amide bonds. The summed E-state index contributed by atoms with van der Waals surface area (Å²) in [5, 5.41) is 6.88. The lowest BCUT2D eigenvalue weighted by Gasteiger charge is -2.08. The molecule has 0 atom stereocenters. The van der Waals surface area contributed by atoms with E-state index in [1.54, 1.807) is 7.11 Å². The first-order chi connectivity index (χ1) is 12.1. The third-order valence-corrected chi connectivity index (χ3v) is 3.99. The molecule has 5 heteroatoms. The number of carbonyl (C=O) groups is 1. The molecule has 0 spiro atoms. The van der Waals surface area contributed by atoms with Crippen LogP contribution in [0.2, 0.25) is 0 Å². The van der Waals surface area contributed by atoms with Gasteiger partial charge in [-0.05, 0) is 49.2 Å². The van der Waals surface area contributed by atoms with Crippen LogP contribution < -0.4 is 10.1 Å². The minimum atomic E-state index is -0.0710. The summed E-state index contributed by atoms with van der Waals surface area (Å²) in [5.74, 6) is 1.46. The second-order valence-corrected chi connectivity index (χ2v) is 5.85. The third kappa shape index (κ3) is 3.88.